The van der Waals surface area contributed by atoms with E-state index in [9.17, 15) is 9.59 Å². The molecule has 0 radical (unpaired) electrons. The molecule has 0 saturated carbocycles. The predicted molar refractivity (Wildman–Crippen MR) is 66.3 cm³/mol. The first-order chi connectivity index (χ1) is 8.61. The first-order valence-corrected chi connectivity index (χ1v) is 6.07. The second-order valence-electron chi connectivity index (χ2n) is 4.41. The maximum Gasteiger partial charge on any atom is 0.407 e. The average Bonchev–Trinajstić information content (AvgIpc) is 2.33. The lowest BCUT2D eigenvalue weighted by Gasteiger charge is -2.31. The number of nitrogens with zero attached hydrogens (tertiary/aromatic N) is 1. The van der Waals surface area contributed by atoms with Gasteiger partial charge in [-0.25, -0.2) is 4.79 Å². The van der Waals surface area contributed by atoms with Gasteiger partial charge in [-0.3, -0.25) is 9.69 Å². The van der Waals surface area contributed by atoms with Crippen molar-refractivity contribution in [2.75, 3.05) is 32.8 Å². The van der Waals surface area contributed by atoms with Crippen LogP contribution in [0.25, 0.3) is 0 Å². The maximum absolute atomic E-state index is 11.2. The van der Waals surface area contributed by atoms with E-state index < -0.39 is 12.1 Å². The number of carboxylic acid groups (broad SMARTS) is 1. The highest BCUT2D eigenvalue weighted by molar-refractivity contribution is 5.69. The van der Waals surface area contributed by atoms with Crippen molar-refractivity contribution in [3.63, 3.8) is 0 Å². The second kappa shape index (κ2) is 7.71. The van der Waals surface area contributed by atoms with E-state index in [1.54, 1.807) is 0 Å². The van der Waals surface area contributed by atoms with Crippen molar-refractivity contribution in [1.82, 2.24) is 10.2 Å². The summed E-state index contributed by atoms with van der Waals surface area (Å²) in [5.74, 6) is -0.525. The molecule has 1 rings (SSSR count). The van der Waals surface area contributed by atoms with Gasteiger partial charge < -0.3 is 15.2 Å². The van der Waals surface area contributed by atoms with E-state index in [2.05, 4.69) is 11.9 Å². The second-order valence-corrected chi connectivity index (χ2v) is 4.41. The third-order valence-electron chi connectivity index (χ3n) is 2.83. The zero-order valence-electron chi connectivity index (χ0n) is 10.4. The number of carbonyl (C=O) groups excluding carboxylic acids is 1. The monoisotopic (exact) mass is 256 g/mol. The fourth-order valence-corrected chi connectivity index (χ4v) is 2.07. The molecular formula is C12H20N2O4. The lowest BCUT2D eigenvalue weighted by molar-refractivity contribution is -0.138. The molecule has 2 N–H and O–H groups in total. The Labute approximate surface area is 107 Å². The van der Waals surface area contributed by atoms with Crippen LogP contribution < -0.4 is 5.32 Å². The van der Waals surface area contributed by atoms with Gasteiger partial charge >= 0.3 is 12.1 Å². The summed E-state index contributed by atoms with van der Waals surface area (Å²) in [4.78, 5) is 23.7. The van der Waals surface area contributed by atoms with Gasteiger partial charge in [-0.15, -0.1) is 0 Å². The van der Waals surface area contributed by atoms with Crippen molar-refractivity contribution in [2.24, 2.45) is 5.92 Å². The molecule has 1 fully saturated rings. The van der Waals surface area contributed by atoms with Gasteiger partial charge in [0.15, 0.2) is 0 Å². The van der Waals surface area contributed by atoms with Gasteiger partial charge in [0.05, 0.1) is 6.54 Å². The summed E-state index contributed by atoms with van der Waals surface area (Å²) >= 11 is 0. The highest BCUT2D eigenvalue weighted by Gasteiger charge is 2.21. The largest absolute Gasteiger partial charge is 0.480 e. The summed E-state index contributed by atoms with van der Waals surface area (Å²) in [6.07, 6.45) is 3.01. The van der Waals surface area contributed by atoms with E-state index in [0.29, 0.717) is 13.1 Å². The Kier molecular flexibility index (Phi) is 6.21. The molecule has 18 heavy (non-hydrogen) atoms. The van der Waals surface area contributed by atoms with Crippen molar-refractivity contribution >= 4 is 12.1 Å². The molecule has 1 unspecified atom stereocenters. The van der Waals surface area contributed by atoms with Crippen molar-refractivity contribution in [1.29, 1.82) is 0 Å². The molecule has 0 aromatic rings. The first-order valence-electron chi connectivity index (χ1n) is 6.07. The summed E-state index contributed by atoms with van der Waals surface area (Å²) in [5.41, 5.74) is 0. The Balaban J connectivity index is 2.23. The Bertz CT molecular complexity index is 306. The van der Waals surface area contributed by atoms with Gasteiger partial charge in [0.25, 0.3) is 0 Å². The van der Waals surface area contributed by atoms with Crippen LogP contribution in [-0.4, -0.2) is 54.9 Å². The van der Waals surface area contributed by atoms with E-state index in [0.717, 1.165) is 19.4 Å². The number of ether oxygens (including phenoxy) is 1. The highest BCUT2D eigenvalue weighted by atomic mass is 16.5. The van der Waals surface area contributed by atoms with Gasteiger partial charge in [-0.05, 0) is 25.3 Å². The SMILES string of the molecule is C=CCOC(=O)NCC1CCCN(CC(=O)O)C1. The number of aliphatic carboxylic acids is 1. The van der Waals surface area contributed by atoms with Crippen LogP contribution in [0.4, 0.5) is 4.79 Å². The minimum Gasteiger partial charge on any atom is -0.480 e. The topological polar surface area (TPSA) is 78.9 Å². The fourth-order valence-electron chi connectivity index (χ4n) is 2.07. The molecule has 1 aliphatic heterocycles. The minimum atomic E-state index is -0.811. The van der Waals surface area contributed by atoms with Crippen LogP contribution in [0, 0.1) is 5.92 Å². The number of likely N-dealkylation sites (tertiary alicyclic amines) is 1. The number of carbonyl (C=O) groups is 2. The summed E-state index contributed by atoms with van der Waals surface area (Å²) in [6, 6.07) is 0. The molecule has 1 amide bonds. The average molecular weight is 256 g/mol. The number of rotatable bonds is 6. The zero-order chi connectivity index (χ0) is 13.4. The van der Waals surface area contributed by atoms with Crippen LogP contribution in [0.5, 0.6) is 0 Å². The number of nitrogens with one attached hydrogen (secondary N) is 1. The molecule has 1 heterocycles. The normalized spacial score (nSPS) is 20.1. The molecule has 1 saturated heterocycles. The molecule has 0 spiro atoms. The Hall–Kier alpha value is -1.56. The van der Waals surface area contributed by atoms with Crippen molar-refractivity contribution in [2.45, 2.75) is 12.8 Å². The van der Waals surface area contributed by atoms with Gasteiger partial charge in [0.2, 0.25) is 0 Å². The number of hydrogen-bond donors (Lipinski definition) is 2. The number of hydrogen-bond acceptors (Lipinski definition) is 4. The van der Waals surface area contributed by atoms with E-state index >= 15 is 0 Å². The van der Waals surface area contributed by atoms with E-state index in [1.165, 1.54) is 6.08 Å². The van der Waals surface area contributed by atoms with Crippen molar-refractivity contribution in [3.8, 4) is 0 Å². The summed E-state index contributed by atoms with van der Waals surface area (Å²) < 4.78 is 4.80. The minimum absolute atomic E-state index is 0.0669. The summed E-state index contributed by atoms with van der Waals surface area (Å²) in [6.45, 7) is 5.75. The number of carboxylic acids is 1. The summed E-state index contributed by atoms with van der Waals surface area (Å²) in [7, 11) is 0. The van der Waals surface area contributed by atoms with Gasteiger partial charge in [0, 0.05) is 13.1 Å². The molecule has 102 valence electrons. The van der Waals surface area contributed by atoms with E-state index in [1.807, 2.05) is 4.90 Å². The molecular weight excluding hydrogens is 236 g/mol. The lowest BCUT2D eigenvalue weighted by Crippen LogP contribution is -2.42. The number of amides is 1. The third kappa shape index (κ3) is 5.67. The molecule has 0 bridgehead atoms. The van der Waals surface area contributed by atoms with Crippen LogP contribution in [0.3, 0.4) is 0 Å². The van der Waals surface area contributed by atoms with E-state index in [-0.39, 0.29) is 19.1 Å². The van der Waals surface area contributed by atoms with Gasteiger partial charge in [-0.2, -0.15) is 0 Å². The standard InChI is InChI=1S/C12H20N2O4/c1-2-6-18-12(17)13-7-10-4-3-5-14(8-10)9-11(15)16/h2,10H,1,3-9H2,(H,13,17)(H,15,16). The Morgan fingerprint density at radius 1 is 1.56 bits per heavy atom. The Morgan fingerprint density at radius 2 is 2.33 bits per heavy atom. The van der Waals surface area contributed by atoms with Gasteiger partial charge in [0.1, 0.15) is 6.61 Å². The quantitative estimate of drug-likeness (QED) is 0.684. The molecule has 0 aromatic heterocycles. The first kappa shape index (κ1) is 14.5. The van der Waals surface area contributed by atoms with Crippen LogP contribution in [-0.2, 0) is 9.53 Å². The molecule has 6 nitrogen and oxygen atoms in total. The van der Waals surface area contributed by atoms with E-state index in [4.69, 9.17) is 9.84 Å². The van der Waals surface area contributed by atoms with Crippen LogP contribution in [0.15, 0.2) is 12.7 Å². The van der Waals surface area contributed by atoms with Gasteiger partial charge in [-0.1, -0.05) is 12.7 Å². The molecule has 0 aliphatic carbocycles. The molecule has 1 aliphatic rings. The van der Waals surface area contributed by atoms with Crippen molar-refractivity contribution < 1.29 is 19.4 Å². The smallest absolute Gasteiger partial charge is 0.407 e. The highest BCUT2D eigenvalue weighted by Crippen LogP contribution is 2.15. The summed E-state index contributed by atoms with van der Waals surface area (Å²) in [5, 5.41) is 11.4. The van der Waals surface area contributed by atoms with Crippen molar-refractivity contribution in [3.05, 3.63) is 12.7 Å². The Morgan fingerprint density at radius 3 is 3.00 bits per heavy atom. The zero-order valence-corrected chi connectivity index (χ0v) is 10.4. The number of alkyl carbamates (subject to hydrolysis) is 1. The fraction of sp³-hybridized carbons (Fsp3) is 0.667. The molecule has 6 heteroatoms. The van der Waals surface area contributed by atoms with Crippen LogP contribution in [0.2, 0.25) is 0 Å². The third-order valence-corrected chi connectivity index (χ3v) is 2.83. The van der Waals surface area contributed by atoms with Crippen LogP contribution in [0.1, 0.15) is 12.8 Å². The maximum atomic E-state index is 11.2. The lowest BCUT2D eigenvalue weighted by atomic mass is 9.98. The van der Waals surface area contributed by atoms with Crippen LogP contribution >= 0.6 is 0 Å². The predicted octanol–water partition coefficient (Wildman–Crippen LogP) is 0.695. The molecule has 0 aromatic carbocycles. The number of piperidine rings is 1. The molecule has 1 atom stereocenters.